The van der Waals surface area contributed by atoms with Crippen LogP contribution in [0.15, 0.2) is 42.6 Å². The molecule has 7 nitrogen and oxygen atoms in total. The largest absolute Gasteiger partial charge is 0.496 e. The number of carboxylic acids is 1. The number of carbonyl (C=O) groups excluding carboxylic acids is 1. The highest BCUT2D eigenvalue weighted by Crippen LogP contribution is 2.31. The summed E-state index contributed by atoms with van der Waals surface area (Å²) in [5.41, 5.74) is 0.828. The Morgan fingerprint density at radius 3 is 2.67 bits per heavy atom. The summed E-state index contributed by atoms with van der Waals surface area (Å²) in [6.45, 7) is 0.832. The van der Waals surface area contributed by atoms with Crippen LogP contribution in [0.2, 0.25) is 0 Å². The molecule has 2 heterocycles. The summed E-state index contributed by atoms with van der Waals surface area (Å²) in [5, 5.41) is 12.4. The number of hydrogen-bond acceptors (Lipinski definition) is 5. The van der Waals surface area contributed by atoms with Gasteiger partial charge in [-0.25, -0.2) is 0 Å². The molecule has 7 heteroatoms. The van der Waals surface area contributed by atoms with E-state index >= 15 is 0 Å². The molecule has 0 bridgehead atoms. The molecule has 1 amide bonds. The standard InChI is InChI=1S/C20H22N2O5/c1-26-17-6-5-14(12-15(17)16-4-2-3-9-21-16)18(23)22-13-20(19(24)25)7-10-27-11-8-20/h2-6,9,12H,7-8,10-11,13H2,1H3,(H,22,23)(H,24,25). The van der Waals surface area contributed by atoms with Crippen molar-refractivity contribution in [3.05, 3.63) is 48.2 Å². The third kappa shape index (κ3) is 4.09. The lowest BCUT2D eigenvalue weighted by molar-refractivity contribution is -0.154. The van der Waals surface area contributed by atoms with Gasteiger partial charge in [-0.3, -0.25) is 14.6 Å². The molecule has 27 heavy (non-hydrogen) atoms. The number of nitrogens with zero attached hydrogens (tertiary/aromatic N) is 1. The van der Waals surface area contributed by atoms with Gasteiger partial charge >= 0.3 is 5.97 Å². The minimum absolute atomic E-state index is 0.0650. The Morgan fingerprint density at radius 1 is 1.26 bits per heavy atom. The molecule has 0 spiro atoms. The highest BCUT2D eigenvalue weighted by molar-refractivity contribution is 5.96. The van der Waals surface area contributed by atoms with Crippen molar-refractivity contribution in [3.63, 3.8) is 0 Å². The zero-order valence-corrected chi connectivity index (χ0v) is 15.1. The molecule has 0 saturated carbocycles. The first-order valence-electron chi connectivity index (χ1n) is 8.74. The Labute approximate surface area is 157 Å². The summed E-state index contributed by atoms with van der Waals surface area (Å²) < 4.78 is 10.6. The molecule has 2 N–H and O–H groups in total. The van der Waals surface area contributed by atoms with Crippen LogP contribution in [-0.4, -0.2) is 48.8 Å². The van der Waals surface area contributed by atoms with Gasteiger partial charge in [0.25, 0.3) is 5.91 Å². The molecule has 0 unspecified atom stereocenters. The monoisotopic (exact) mass is 370 g/mol. The van der Waals surface area contributed by atoms with Crippen molar-refractivity contribution < 1.29 is 24.2 Å². The Hall–Kier alpha value is -2.93. The molecule has 1 aromatic carbocycles. The molecule has 1 aliphatic rings. The number of rotatable bonds is 6. The van der Waals surface area contributed by atoms with Crippen LogP contribution in [-0.2, 0) is 9.53 Å². The molecule has 0 aliphatic carbocycles. The second-order valence-electron chi connectivity index (χ2n) is 6.51. The summed E-state index contributed by atoms with van der Waals surface area (Å²) in [4.78, 5) is 28.7. The third-order valence-electron chi connectivity index (χ3n) is 4.89. The molecule has 1 aromatic heterocycles. The zero-order valence-electron chi connectivity index (χ0n) is 15.1. The van der Waals surface area contributed by atoms with E-state index < -0.39 is 11.4 Å². The number of hydrogen-bond donors (Lipinski definition) is 2. The molecule has 142 valence electrons. The number of carboxylic acid groups (broad SMARTS) is 1. The fraction of sp³-hybridized carbons (Fsp3) is 0.350. The lowest BCUT2D eigenvalue weighted by Gasteiger charge is -2.33. The predicted molar refractivity (Wildman–Crippen MR) is 98.7 cm³/mol. The Kier molecular flexibility index (Phi) is 5.71. The average molecular weight is 370 g/mol. The molecular formula is C20H22N2O5. The molecule has 0 radical (unpaired) electrons. The molecule has 1 aliphatic heterocycles. The van der Waals surface area contributed by atoms with E-state index in [1.165, 1.54) is 0 Å². The molecular weight excluding hydrogens is 348 g/mol. The van der Waals surface area contributed by atoms with Gasteiger partial charge in [0.1, 0.15) is 5.75 Å². The van der Waals surface area contributed by atoms with E-state index in [1.54, 1.807) is 31.5 Å². The van der Waals surface area contributed by atoms with Gasteiger partial charge in [-0.15, -0.1) is 0 Å². The van der Waals surface area contributed by atoms with Gasteiger partial charge in [0.15, 0.2) is 0 Å². The Balaban J connectivity index is 1.80. The van der Waals surface area contributed by atoms with E-state index in [0.717, 1.165) is 0 Å². The maximum Gasteiger partial charge on any atom is 0.311 e. The topological polar surface area (TPSA) is 97.8 Å². The highest BCUT2D eigenvalue weighted by Gasteiger charge is 2.40. The lowest BCUT2D eigenvalue weighted by atomic mass is 9.80. The van der Waals surface area contributed by atoms with E-state index in [1.807, 2.05) is 18.2 Å². The molecule has 2 aromatic rings. The first-order valence-corrected chi connectivity index (χ1v) is 8.74. The van der Waals surface area contributed by atoms with Crippen LogP contribution in [0.5, 0.6) is 5.75 Å². The van der Waals surface area contributed by atoms with Gasteiger partial charge in [-0.2, -0.15) is 0 Å². The number of ether oxygens (including phenoxy) is 2. The second kappa shape index (κ2) is 8.18. The SMILES string of the molecule is COc1ccc(C(=O)NCC2(C(=O)O)CCOCC2)cc1-c1ccccn1. The van der Waals surface area contributed by atoms with Crippen LogP contribution in [0, 0.1) is 5.41 Å². The summed E-state index contributed by atoms with van der Waals surface area (Å²) in [5.74, 6) is -0.631. The number of amides is 1. The number of benzene rings is 1. The van der Waals surface area contributed by atoms with E-state index in [9.17, 15) is 14.7 Å². The van der Waals surface area contributed by atoms with E-state index in [2.05, 4.69) is 10.3 Å². The summed E-state index contributed by atoms with van der Waals surface area (Å²) in [6, 6.07) is 10.6. The van der Waals surface area contributed by atoms with Gasteiger partial charge in [0.2, 0.25) is 0 Å². The van der Waals surface area contributed by atoms with Crippen molar-refractivity contribution >= 4 is 11.9 Å². The number of nitrogens with one attached hydrogen (secondary N) is 1. The van der Waals surface area contributed by atoms with Crippen molar-refractivity contribution in [2.24, 2.45) is 5.41 Å². The van der Waals surface area contributed by atoms with Gasteiger partial charge < -0.3 is 19.9 Å². The first-order chi connectivity index (χ1) is 13.1. The van der Waals surface area contributed by atoms with Gasteiger partial charge in [0, 0.05) is 37.1 Å². The number of aliphatic carboxylic acids is 1. The number of aromatic nitrogens is 1. The second-order valence-corrected chi connectivity index (χ2v) is 6.51. The maximum absolute atomic E-state index is 12.6. The fourth-order valence-corrected chi connectivity index (χ4v) is 3.15. The Morgan fingerprint density at radius 2 is 2.04 bits per heavy atom. The van der Waals surface area contributed by atoms with Crippen LogP contribution in [0.4, 0.5) is 0 Å². The number of carbonyl (C=O) groups is 2. The quantitative estimate of drug-likeness (QED) is 0.810. The minimum atomic E-state index is -0.982. The Bertz CT molecular complexity index is 816. The van der Waals surface area contributed by atoms with Crippen LogP contribution in [0.1, 0.15) is 23.2 Å². The van der Waals surface area contributed by atoms with Crippen molar-refractivity contribution in [2.45, 2.75) is 12.8 Å². The van der Waals surface area contributed by atoms with Crippen molar-refractivity contribution in [1.29, 1.82) is 0 Å². The van der Waals surface area contributed by atoms with Crippen LogP contribution >= 0.6 is 0 Å². The van der Waals surface area contributed by atoms with Gasteiger partial charge in [-0.1, -0.05) is 6.07 Å². The summed E-state index contributed by atoms with van der Waals surface area (Å²) in [7, 11) is 1.56. The van der Waals surface area contributed by atoms with Crippen LogP contribution in [0.25, 0.3) is 11.3 Å². The zero-order chi connectivity index (χ0) is 19.3. The fourth-order valence-electron chi connectivity index (χ4n) is 3.15. The molecule has 3 rings (SSSR count). The van der Waals surface area contributed by atoms with E-state index in [4.69, 9.17) is 9.47 Å². The third-order valence-corrected chi connectivity index (χ3v) is 4.89. The van der Waals surface area contributed by atoms with Crippen molar-refractivity contribution in [2.75, 3.05) is 26.9 Å². The van der Waals surface area contributed by atoms with Gasteiger partial charge in [0.05, 0.1) is 18.2 Å². The number of pyridine rings is 1. The predicted octanol–water partition coefficient (Wildman–Crippen LogP) is 2.37. The smallest absolute Gasteiger partial charge is 0.311 e. The van der Waals surface area contributed by atoms with Gasteiger partial charge in [-0.05, 0) is 43.2 Å². The molecule has 1 fully saturated rings. The maximum atomic E-state index is 12.6. The highest BCUT2D eigenvalue weighted by atomic mass is 16.5. The van der Waals surface area contributed by atoms with Crippen LogP contribution < -0.4 is 10.1 Å². The minimum Gasteiger partial charge on any atom is -0.496 e. The lowest BCUT2D eigenvalue weighted by Crippen LogP contribution is -2.46. The normalized spacial score (nSPS) is 15.7. The molecule has 1 saturated heterocycles. The van der Waals surface area contributed by atoms with Crippen molar-refractivity contribution in [1.82, 2.24) is 10.3 Å². The van der Waals surface area contributed by atoms with E-state index in [0.29, 0.717) is 48.6 Å². The average Bonchev–Trinajstić information content (AvgIpc) is 2.72. The summed E-state index contributed by atoms with van der Waals surface area (Å²) >= 11 is 0. The van der Waals surface area contributed by atoms with Crippen molar-refractivity contribution in [3.8, 4) is 17.0 Å². The molecule has 0 atom stereocenters. The van der Waals surface area contributed by atoms with Crippen LogP contribution in [0.3, 0.4) is 0 Å². The first kappa shape index (κ1) is 18.8. The number of methoxy groups -OCH3 is 1. The van der Waals surface area contributed by atoms with E-state index in [-0.39, 0.29) is 12.5 Å². The summed E-state index contributed by atoms with van der Waals surface area (Å²) in [6.07, 6.45) is 2.43.